The van der Waals surface area contributed by atoms with E-state index in [4.69, 9.17) is 5.11 Å². The Morgan fingerprint density at radius 3 is 2.80 bits per heavy atom. The number of hydrogen-bond acceptors (Lipinski definition) is 3. The van der Waals surface area contributed by atoms with E-state index in [9.17, 15) is 14.4 Å². The lowest BCUT2D eigenvalue weighted by atomic mass is 10.00. The number of hydrogen-bond donors (Lipinski definition) is 2. The smallest absolute Gasteiger partial charge is 0.320 e. The highest BCUT2D eigenvalue weighted by atomic mass is 16.4. The molecule has 0 aromatic heterocycles. The molecular formula is C13H21N3O4. The largest absolute Gasteiger partial charge is 0.481 e. The summed E-state index contributed by atoms with van der Waals surface area (Å²) in [5.41, 5.74) is 0. The third-order valence-electron chi connectivity index (χ3n) is 3.82. The number of carbonyl (C=O) groups is 3. The summed E-state index contributed by atoms with van der Waals surface area (Å²) in [5.74, 6) is -1.04. The molecule has 0 aromatic carbocycles. The molecule has 0 aromatic rings. The van der Waals surface area contributed by atoms with E-state index in [0.717, 1.165) is 25.7 Å². The average molecular weight is 283 g/mol. The number of urea groups is 1. The second kappa shape index (κ2) is 6.58. The minimum absolute atomic E-state index is 0.0220. The summed E-state index contributed by atoms with van der Waals surface area (Å²) >= 11 is 0. The highest BCUT2D eigenvalue weighted by Gasteiger charge is 2.32. The molecule has 2 fully saturated rings. The maximum Gasteiger partial charge on any atom is 0.320 e. The summed E-state index contributed by atoms with van der Waals surface area (Å²) in [5, 5.41) is 11.7. The number of rotatable bonds is 2. The lowest BCUT2D eigenvalue weighted by Crippen LogP contribution is -2.52. The average Bonchev–Trinajstić information content (AvgIpc) is 2.62. The fraction of sp³-hybridized carbons (Fsp3) is 0.769. The van der Waals surface area contributed by atoms with E-state index >= 15 is 0 Å². The first kappa shape index (κ1) is 14.6. The molecule has 0 radical (unpaired) electrons. The Morgan fingerprint density at radius 1 is 1.25 bits per heavy atom. The second-order valence-electron chi connectivity index (χ2n) is 5.35. The van der Waals surface area contributed by atoms with Gasteiger partial charge in [-0.05, 0) is 25.7 Å². The van der Waals surface area contributed by atoms with E-state index in [1.54, 1.807) is 4.90 Å². The maximum absolute atomic E-state index is 12.5. The predicted molar refractivity (Wildman–Crippen MR) is 71.2 cm³/mol. The van der Waals surface area contributed by atoms with Crippen LogP contribution in [0.25, 0.3) is 0 Å². The van der Waals surface area contributed by atoms with Crippen LogP contribution in [0.15, 0.2) is 0 Å². The predicted octanol–water partition coefficient (Wildman–Crippen LogP) is 0.258. The molecule has 20 heavy (non-hydrogen) atoms. The van der Waals surface area contributed by atoms with E-state index in [-0.39, 0.29) is 30.9 Å². The van der Waals surface area contributed by atoms with Crippen molar-refractivity contribution in [3.8, 4) is 0 Å². The van der Waals surface area contributed by atoms with E-state index in [1.807, 2.05) is 0 Å². The number of nitrogens with zero attached hydrogens (tertiary/aromatic N) is 2. The maximum atomic E-state index is 12.5. The van der Waals surface area contributed by atoms with Gasteiger partial charge in [-0.3, -0.25) is 9.59 Å². The van der Waals surface area contributed by atoms with Crippen LogP contribution in [0, 0.1) is 0 Å². The highest BCUT2D eigenvalue weighted by Crippen LogP contribution is 2.21. The topological polar surface area (TPSA) is 89.9 Å². The SMILES string of the molecule is O=C(O)CC1CCCCN1C(=O)N1CCCNC(=O)C1. The number of likely N-dealkylation sites (tertiary alicyclic amines) is 1. The number of carboxylic acids is 1. The molecule has 2 N–H and O–H groups in total. The van der Waals surface area contributed by atoms with Crippen molar-refractivity contribution in [3.05, 3.63) is 0 Å². The van der Waals surface area contributed by atoms with Crippen LogP contribution in [-0.4, -0.2) is 65.0 Å². The van der Waals surface area contributed by atoms with Gasteiger partial charge in [0, 0.05) is 25.7 Å². The number of nitrogens with one attached hydrogen (secondary N) is 1. The third kappa shape index (κ3) is 3.61. The van der Waals surface area contributed by atoms with Gasteiger partial charge < -0.3 is 20.2 Å². The van der Waals surface area contributed by atoms with Gasteiger partial charge in [0.05, 0.1) is 6.42 Å². The van der Waals surface area contributed by atoms with Crippen molar-refractivity contribution in [2.45, 2.75) is 38.1 Å². The first-order chi connectivity index (χ1) is 9.58. The minimum Gasteiger partial charge on any atom is -0.481 e. The Bertz CT molecular complexity index is 399. The Kier molecular flexibility index (Phi) is 4.81. The molecule has 1 atom stereocenters. The lowest BCUT2D eigenvalue weighted by Gasteiger charge is -2.38. The minimum atomic E-state index is -0.886. The molecule has 0 bridgehead atoms. The number of carboxylic acid groups (broad SMARTS) is 1. The Hall–Kier alpha value is -1.79. The molecule has 2 saturated heterocycles. The third-order valence-corrected chi connectivity index (χ3v) is 3.82. The van der Waals surface area contributed by atoms with Crippen LogP contribution in [0.2, 0.25) is 0 Å². The van der Waals surface area contributed by atoms with Gasteiger partial charge in [-0.2, -0.15) is 0 Å². The zero-order valence-corrected chi connectivity index (χ0v) is 11.5. The monoisotopic (exact) mass is 283 g/mol. The van der Waals surface area contributed by atoms with Gasteiger partial charge in [-0.25, -0.2) is 4.79 Å². The molecule has 2 heterocycles. The normalized spacial score (nSPS) is 24.0. The molecule has 112 valence electrons. The lowest BCUT2D eigenvalue weighted by molar-refractivity contribution is -0.138. The first-order valence-corrected chi connectivity index (χ1v) is 7.12. The zero-order chi connectivity index (χ0) is 14.5. The van der Waals surface area contributed by atoms with E-state index in [2.05, 4.69) is 5.32 Å². The summed E-state index contributed by atoms with van der Waals surface area (Å²) in [4.78, 5) is 38.1. The van der Waals surface area contributed by atoms with Crippen molar-refractivity contribution >= 4 is 17.9 Å². The van der Waals surface area contributed by atoms with Crippen LogP contribution in [0.3, 0.4) is 0 Å². The molecule has 1 unspecified atom stereocenters. The van der Waals surface area contributed by atoms with Crippen molar-refractivity contribution in [1.29, 1.82) is 0 Å². The van der Waals surface area contributed by atoms with Crippen molar-refractivity contribution in [3.63, 3.8) is 0 Å². The van der Waals surface area contributed by atoms with E-state index < -0.39 is 5.97 Å². The van der Waals surface area contributed by atoms with Crippen LogP contribution in [-0.2, 0) is 9.59 Å². The highest BCUT2D eigenvalue weighted by molar-refractivity contribution is 5.84. The molecule has 7 heteroatoms. The molecule has 2 rings (SSSR count). The first-order valence-electron chi connectivity index (χ1n) is 7.12. The summed E-state index contributed by atoms with van der Waals surface area (Å²) in [6.45, 7) is 1.76. The Labute approximate surface area is 117 Å². The Morgan fingerprint density at radius 2 is 2.05 bits per heavy atom. The fourth-order valence-electron chi connectivity index (χ4n) is 2.82. The van der Waals surface area contributed by atoms with Crippen LogP contribution in [0.1, 0.15) is 32.1 Å². The number of aliphatic carboxylic acids is 1. The summed E-state index contributed by atoms with van der Waals surface area (Å²) in [6, 6.07) is -0.451. The summed E-state index contributed by atoms with van der Waals surface area (Å²) in [7, 11) is 0. The molecule has 0 aliphatic carbocycles. The van der Waals surface area contributed by atoms with Crippen molar-refractivity contribution in [2.24, 2.45) is 0 Å². The summed E-state index contributed by atoms with van der Waals surface area (Å²) in [6.07, 6.45) is 3.27. The van der Waals surface area contributed by atoms with E-state index in [0.29, 0.717) is 19.6 Å². The van der Waals surface area contributed by atoms with Gasteiger partial charge in [0.1, 0.15) is 6.54 Å². The molecule has 7 nitrogen and oxygen atoms in total. The van der Waals surface area contributed by atoms with Gasteiger partial charge in [0.25, 0.3) is 0 Å². The summed E-state index contributed by atoms with van der Waals surface area (Å²) < 4.78 is 0. The number of carbonyl (C=O) groups excluding carboxylic acids is 2. The molecule has 3 amide bonds. The van der Waals surface area contributed by atoms with E-state index in [1.165, 1.54) is 4.90 Å². The quantitative estimate of drug-likeness (QED) is 0.760. The fourth-order valence-corrected chi connectivity index (χ4v) is 2.82. The molecular weight excluding hydrogens is 262 g/mol. The molecule has 0 saturated carbocycles. The van der Waals surface area contributed by atoms with Gasteiger partial charge in [0.15, 0.2) is 0 Å². The van der Waals surface area contributed by atoms with Crippen LogP contribution in [0.4, 0.5) is 4.79 Å². The Balaban J connectivity index is 2.04. The number of amides is 3. The zero-order valence-electron chi connectivity index (χ0n) is 11.5. The van der Waals surface area contributed by atoms with Crippen molar-refractivity contribution in [2.75, 3.05) is 26.2 Å². The van der Waals surface area contributed by atoms with Crippen LogP contribution >= 0.6 is 0 Å². The molecule has 0 spiro atoms. The molecule has 2 aliphatic heterocycles. The van der Waals surface area contributed by atoms with Gasteiger partial charge in [-0.1, -0.05) is 0 Å². The second-order valence-corrected chi connectivity index (χ2v) is 5.35. The van der Waals surface area contributed by atoms with Crippen LogP contribution < -0.4 is 5.32 Å². The van der Waals surface area contributed by atoms with Gasteiger partial charge >= 0.3 is 12.0 Å². The van der Waals surface area contributed by atoms with Gasteiger partial charge in [0.2, 0.25) is 5.91 Å². The van der Waals surface area contributed by atoms with Gasteiger partial charge in [-0.15, -0.1) is 0 Å². The number of piperidine rings is 1. The van der Waals surface area contributed by atoms with Crippen molar-refractivity contribution in [1.82, 2.24) is 15.1 Å². The molecule has 2 aliphatic rings. The van der Waals surface area contributed by atoms with Crippen molar-refractivity contribution < 1.29 is 19.5 Å². The standard InChI is InChI=1S/C13H21N3O4/c17-11-9-15(6-3-5-14-11)13(20)16-7-2-1-4-10(16)8-12(18)19/h10H,1-9H2,(H,14,17)(H,18,19). The van der Waals surface area contributed by atoms with Crippen LogP contribution in [0.5, 0.6) is 0 Å².